The van der Waals surface area contributed by atoms with Crippen molar-refractivity contribution in [2.24, 2.45) is 0 Å². The standard InChI is InChI=1S/C27H26FN3O5/c1-3-35-23-14-18(11-12-22(23)36-15-17-7-6-8-19(28)13-17)24-16(2)30-27(25(24)31(33)34)20-9-4-5-10-21(20)29-26(27)32/h4-14,16,24-25,30H,3,15H2,1-2H3,(H,29,32)/t16-,24-,25-,27-/m0/s1. The molecule has 9 heteroatoms. The number of para-hydroxylation sites is 1. The van der Waals surface area contributed by atoms with Gasteiger partial charge in [-0.1, -0.05) is 36.4 Å². The zero-order valence-electron chi connectivity index (χ0n) is 19.9. The highest BCUT2D eigenvalue weighted by Crippen LogP contribution is 2.50. The number of benzene rings is 3. The predicted octanol–water partition coefficient (Wildman–Crippen LogP) is 4.37. The van der Waals surface area contributed by atoms with E-state index in [1.54, 1.807) is 54.6 Å². The third kappa shape index (κ3) is 3.85. The van der Waals surface area contributed by atoms with E-state index in [9.17, 15) is 19.3 Å². The molecule has 0 bridgehead atoms. The molecule has 0 saturated carbocycles. The molecule has 2 aliphatic rings. The molecule has 186 valence electrons. The van der Waals surface area contributed by atoms with E-state index in [1.165, 1.54) is 12.1 Å². The van der Waals surface area contributed by atoms with E-state index in [1.807, 2.05) is 13.8 Å². The van der Waals surface area contributed by atoms with Crippen LogP contribution in [0.2, 0.25) is 0 Å². The second-order valence-electron chi connectivity index (χ2n) is 9.05. The van der Waals surface area contributed by atoms with Gasteiger partial charge in [-0.3, -0.25) is 20.2 Å². The first-order valence-electron chi connectivity index (χ1n) is 11.8. The Hall–Kier alpha value is -3.98. The van der Waals surface area contributed by atoms with Crippen LogP contribution in [0.5, 0.6) is 11.5 Å². The van der Waals surface area contributed by atoms with Gasteiger partial charge in [0.25, 0.3) is 11.9 Å². The van der Waals surface area contributed by atoms with Crippen LogP contribution in [0, 0.1) is 15.9 Å². The fraction of sp³-hybridized carbons (Fsp3) is 0.296. The monoisotopic (exact) mass is 491 g/mol. The number of amides is 1. The van der Waals surface area contributed by atoms with Gasteiger partial charge in [0.05, 0.1) is 12.5 Å². The largest absolute Gasteiger partial charge is 0.490 e. The van der Waals surface area contributed by atoms with Crippen molar-refractivity contribution in [1.82, 2.24) is 5.32 Å². The molecule has 8 nitrogen and oxygen atoms in total. The Morgan fingerprint density at radius 2 is 1.86 bits per heavy atom. The lowest BCUT2D eigenvalue weighted by molar-refractivity contribution is -0.532. The number of nitrogens with zero attached hydrogens (tertiary/aromatic N) is 1. The molecule has 1 fully saturated rings. The first-order valence-corrected chi connectivity index (χ1v) is 11.8. The number of ether oxygens (including phenoxy) is 2. The van der Waals surface area contributed by atoms with E-state index < -0.39 is 23.4 Å². The van der Waals surface area contributed by atoms with E-state index in [0.29, 0.717) is 40.5 Å². The van der Waals surface area contributed by atoms with Crippen molar-refractivity contribution in [2.45, 2.75) is 44.0 Å². The minimum absolute atomic E-state index is 0.135. The SMILES string of the molecule is CCOc1cc([C@@H]2[C@H](C)N[C@]3(C(=O)Nc4ccccc43)[C@H]2[N+](=O)[O-])ccc1OCc1cccc(F)c1. The van der Waals surface area contributed by atoms with Gasteiger partial charge in [-0.15, -0.1) is 0 Å². The number of fused-ring (bicyclic) bond motifs is 2. The number of nitro groups is 1. The Bertz CT molecular complexity index is 1330. The smallest absolute Gasteiger partial charge is 0.256 e. The summed E-state index contributed by atoms with van der Waals surface area (Å²) in [6, 6.07) is 16.8. The average molecular weight is 492 g/mol. The fourth-order valence-electron chi connectivity index (χ4n) is 5.46. The lowest BCUT2D eigenvalue weighted by Gasteiger charge is -2.25. The van der Waals surface area contributed by atoms with E-state index >= 15 is 0 Å². The molecule has 2 heterocycles. The first kappa shape index (κ1) is 23.7. The van der Waals surface area contributed by atoms with Crippen LogP contribution < -0.4 is 20.1 Å². The summed E-state index contributed by atoms with van der Waals surface area (Å²) in [6.07, 6.45) is 0. The van der Waals surface area contributed by atoms with Crippen molar-refractivity contribution >= 4 is 11.6 Å². The summed E-state index contributed by atoms with van der Waals surface area (Å²) >= 11 is 0. The molecule has 0 radical (unpaired) electrons. The third-order valence-electron chi connectivity index (χ3n) is 6.90. The van der Waals surface area contributed by atoms with Crippen LogP contribution >= 0.6 is 0 Å². The maximum Gasteiger partial charge on any atom is 0.256 e. The Balaban J connectivity index is 1.50. The Morgan fingerprint density at radius 1 is 1.06 bits per heavy atom. The maximum absolute atomic E-state index is 13.5. The van der Waals surface area contributed by atoms with Gasteiger partial charge in [0.15, 0.2) is 17.0 Å². The van der Waals surface area contributed by atoms with E-state index in [2.05, 4.69) is 10.6 Å². The van der Waals surface area contributed by atoms with Crippen molar-refractivity contribution in [3.8, 4) is 11.5 Å². The van der Waals surface area contributed by atoms with Crippen molar-refractivity contribution in [1.29, 1.82) is 0 Å². The fourth-order valence-corrected chi connectivity index (χ4v) is 5.46. The average Bonchev–Trinajstić information content (AvgIpc) is 3.32. The normalized spacial score (nSPS) is 24.4. The number of hydrogen-bond acceptors (Lipinski definition) is 6. The van der Waals surface area contributed by atoms with Crippen LogP contribution in [0.25, 0.3) is 0 Å². The van der Waals surface area contributed by atoms with E-state index in [-0.39, 0.29) is 23.4 Å². The minimum atomic E-state index is -1.48. The molecule has 2 N–H and O–H groups in total. The van der Waals surface area contributed by atoms with Crippen molar-refractivity contribution in [2.75, 3.05) is 11.9 Å². The number of rotatable bonds is 7. The quantitative estimate of drug-likeness (QED) is 0.376. The van der Waals surface area contributed by atoms with Gasteiger partial charge >= 0.3 is 0 Å². The highest BCUT2D eigenvalue weighted by Gasteiger charge is 2.67. The summed E-state index contributed by atoms with van der Waals surface area (Å²) in [7, 11) is 0. The molecule has 0 unspecified atom stereocenters. The summed E-state index contributed by atoms with van der Waals surface area (Å²) < 4.78 is 25.2. The summed E-state index contributed by atoms with van der Waals surface area (Å²) in [5.41, 5.74) is 0.989. The highest BCUT2D eigenvalue weighted by atomic mass is 19.1. The molecule has 3 aromatic rings. The van der Waals surface area contributed by atoms with Gasteiger partial charge < -0.3 is 14.8 Å². The zero-order chi connectivity index (χ0) is 25.4. The molecule has 5 rings (SSSR count). The lowest BCUT2D eigenvalue weighted by Crippen LogP contribution is -2.54. The Morgan fingerprint density at radius 3 is 2.61 bits per heavy atom. The predicted molar refractivity (Wildman–Crippen MR) is 131 cm³/mol. The van der Waals surface area contributed by atoms with Crippen LogP contribution in [-0.4, -0.2) is 29.5 Å². The molecule has 0 aromatic heterocycles. The van der Waals surface area contributed by atoms with Crippen molar-refractivity contribution in [3.63, 3.8) is 0 Å². The molecule has 0 aliphatic carbocycles. The lowest BCUT2D eigenvalue weighted by atomic mass is 9.78. The van der Waals surface area contributed by atoms with Crippen LogP contribution in [0.15, 0.2) is 66.7 Å². The topological polar surface area (TPSA) is 103 Å². The van der Waals surface area contributed by atoms with Gasteiger partial charge in [0.1, 0.15) is 12.4 Å². The number of hydrogen-bond donors (Lipinski definition) is 2. The molecular weight excluding hydrogens is 465 g/mol. The number of anilines is 1. The van der Waals surface area contributed by atoms with Crippen LogP contribution in [0.1, 0.15) is 36.5 Å². The van der Waals surface area contributed by atoms with Gasteiger partial charge in [-0.25, -0.2) is 4.39 Å². The molecule has 36 heavy (non-hydrogen) atoms. The Labute approximate surface area is 207 Å². The third-order valence-corrected chi connectivity index (χ3v) is 6.90. The minimum Gasteiger partial charge on any atom is -0.490 e. The van der Waals surface area contributed by atoms with Gasteiger partial charge in [0, 0.05) is 22.2 Å². The Kier molecular flexibility index (Phi) is 6.09. The van der Waals surface area contributed by atoms with Crippen LogP contribution in [0.3, 0.4) is 0 Å². The first-order chi connectivity index (χ1) is 17.3. The number of nitrogens with one attached hydrogen (secondary N) is 2. The van der Waals surface area contributed by atoms with E-state index in [0.717, 1.165) is 0 Å². The summed E-state index contributed by atoms with van der Waals surface area (Å²) in [5.74, 6) is -0.526. The molecule has 1 amide bonds. The van der Waals surface area contributed by atoms with Gasteiger partial charge in [0.2, 0.25) is 0 Å². The van der Waals surface area contributed by atoms with Crippen molar-refractivity contribution < 1.29 is 23.6 Å². The van der Waals surface area contributed by atoms with Crippen LogP contribution in [-0.2, 0) is 16.9 Å². The highest BCUT2D eigenvalue weighted by molar-refractivity contribution is 6.07. The number of carbonyl (C=O) groups excluding carboxylic acids is 1. The number of carbonyl (C=O) groups is 1. The second kappa shape index (κ2) is 9.23. The molecule has 3 aromatic carbocycles. The van der Waals surface area contributed by atoms with Gasteiger partial charge in [-0.05, 0) is 55.3 Å². The summed E-state index contributed by atoms with van der Waals surface area (Å²) in [4.78, 5) is 25.4. The number of halogens is 1. The zero-order valence-corrected chi connectivity index (χ0v) is 19.9. The van der Waals surface area contributed by atoms with E-state index in [4.69, 9.17) is 9.47 Å². The second-order valence-corrected chi connectivity index (χ2v) is 9.05. The summed E-state index contributed by atoms with van der Waals surface area (Å²) in [5, 5.41) is 18.6. The van der Waals surface area contributed by atoms with Gasteiger partial charge in [-0.2, -0.15) is 0 Å². The summed E-state index contributed by atoms with van der Waals surface area (Å²) in [6.45, 7) is 4.17. The molecule has 4 atom stereocenters. The molecule has 1 saturated heterocycles. The molecular formula is C27H26FN3O5. The van der Waals surface area contributed by atoms with Crippen LogP contribution in [0.4, 0.5) is 10.1 Å². The molecule has 2 aliphatic heterocycles. The van der Waals surface area contributed by atoms with Crippen molar-refractivity contribution in [3.05, 3.63) is 99.4 Å². The maximum atomic E-state index is 13.5. The molecule has 1 spiro atoms.